The van der Waals surface area contributed by atoms with Crippen LogP contribution in [0.15, 0.2) is 133 Å². The highest BCUT2D eigenvalue weighted by atomic mass is 15.2. The molecule has 0 bridgehead atoms. The Hall–Kier alpha value is -5.87. The van der Waals surface area contributed by atoms with Crippen molar-refractivity contribution >= 4 is 21.8 Å². The Morgan fingerprint density at radius 3 is 1.31 bits per heavy atom. The van der Waals surface area contributed by atoms with Crippen molar-refractivity contribution in [1.82, 2.24) is 19.5 Å². The smallest absolute Gasteiger partial charge is 0.238 e. The fourth-order valence-corrected chi connectivity index (χ4v) is 7.09. The highest BCUT2D eigenvalue weighted by Gasteiger charge is 2.19. The van der Waals surface area contributed by atoms with Crippen LogP contribution >= 0.6 is 0 Å². The van der Waals surface area contributed by atoms with Gasteiger partial charge in [0.05, 0.1) is 11.0 Å². The summed E-state index contributed by atoms with van der Waals surface area (Å²) in [4.78, 5) is 15.4. The molecule has 4 nitrogen and oxygen atoms in total. The van der Waals surface area contributed by atoms with E-state index >= 15 is 0 Å². The van der Waals surface area contributed by atoms with E-state index < -0.39 is 0 Å². The number of benzene rings is 6. The fourth-order valence-electron chi connectivity index (χ4n) is 7.09. The SMILES string of the molecule is CCCCCCc1ccc(-c2ccc3c(c2)c2cc(-c4ccc(C)cc4)ccc2n3-c2nc(-c3ccc(C)cc3)nc(-c3ccc(C)cc3)n2)cc1. The van der Waals surface area contributed by atoms with Gasteiger partial charge in [-0.25, -0.2) is 4.98 Å². The van der Waals surface area contributed by atoms with Crippen molar-refractivity contribution in [1.29, 1.82) is 0 Å². The number of hydrogen-bond donors (Lipinski definition) is 0. The molecule has 0 aliphatic carbocycles. The van der Waals surface area contributed by atoms with E-state index in [4.69, 9.17) is 15.0 Å². The van der Waals surface area contributed by atoms with Gasteiger partial charge in [0.2, 0.25) is 5.95 Å². The Morgan fingerprint density at radius 2 is 0.846 bits per heavy atom. The van der Waals surface area contributed by atoms with Crippen LogP contribution in [0.3, 0.4) is 0 Å². The molecule has 0 radical (unpaired) electrons. The lowest BCUT2D eigenvalue weighted by Crippen LogP contribution is -2.06. The standard InChI is InChI=1S/C48H44N4/c1-5-6-7-8-9-35-16-24-37(25-17-35)41-27-29-45-43(31-41)42-30-40(36-18-10-32(2)11-19-36)26-28-44(42)52(45)48-50-46(38-20-12-33(3)13-21-38)49-47(51-48)39-22-14-34(4)15-23-39/h10-31H,5-9H2,1-4H3. The van der Waals surface area contributed by atoms with Crippen LogP contribution in [-0.2, 0) is 6.42 Å². The molecular formula is C48H44N4. The van der Waals surface area contributed by atoms with Crippen LogP contribution in [0.4, 0.5) is 0 Å². The van der Waals surface area contributed by atoms with Gasteiger partial charge in [0.1, 0.15) is 0 Å². The predicted molar refractivity (Wildman–Crippen MR) is 218 cm³/mol. The maximum Gasteiger partial charge on any atom is 0.238 e. The lowest BCUT2D eigenvalue weighted by atomic mass is 9.98. The zero-order valence-electron chi connectivity index (χ0n) is 30.5. The molecular weight excluding hydrogens is 633 g/mol. The molecule has 0 spiro atoms. The largest absolute Gasteiger partial charge is 0.278 e. The minimum atomic E-state index is 0.601. The second kappa shape index (κ2) is 14.4. The molecule has 256 valence electrons. The summed E-state index contributed by atoms with van der Waals surface area (Å²) in [6, 6.07) is 48.3. The number of aryl methyl sites for hydroxylation is 4. The second-order valence-electron chi connectivity index (χ2n) is 14.2. The van der Waals surface area contributed by atoms with Gasteiger partial charge in [-0.1, -0.05) is 152 Å². The number of rotatable bonds is 10. The first-order chi connectivity index (χ1) is 25.4. The van der Waals surface area contributed by atoms with Crippen LogP contribution in [-0.4, -0.2) is 19.5 Å². The second-order valence-corrected chi connectivity index (χ2v) is 14.2. The van der Waals surface area contributed by atoms with E-state index in [1.807, 2.05) is 0 Å². The average molecular weight is 677 g/mol. The van der Waals surface area contributed by atoms with Gasteiger partial charge in [0, 0.05) is 21.9 Å². The number of fused-ring (bicyclic) bond motifs is 3. The molecule has 2 aromatic heterocycles. The summed E-state index contributed by atoms with van der Waals surface area (Å²) in [7, 11) is 0. The lowest BCUT2D eigenvalue weighted by molar-refractivity contribution is 0.667. The molecule has 4 heteroatoms. The fraction of sp³-hybridized carbons (Fsp3) is 0.188. The average Bonchev–Trinajstić information content (AvgIpc) is 3.50. The van der Waals surface area contributed by atoms with E-state index in [1.165, 1.54) is 75.6 Å². The van der Waals surface area contributed by atoms with Crippen molar-refractivity contribution in [2.24, 2.45) is 0 Å². The molecule has 0 aliphatic rings. The topological polar surface area (TPSA) is 43.6 Å². The third-order valence-electron chi connectivity index (χ3n) is 10.2. The van der Waals surface area contributed by atoms with Crippen molar-refractivity contribution in [3.05, 3.63) is 156 Å². The molecule has 0 N–H and O–H groups in total. The Bertz CT molecular complexity index is 2430. The minimum Gasteiger partial charge on any atom is -0.278 e. The van der Waals surface area contributed by atoms with Crippen molar-refractivity contribution in [3.63, 3.8) is 0 Å². The lowest BCUT2D eigenvalue weighted by Gasteiger charge is -2.11. The quantitative estimate of drug-likeness (QED) is 0.135. The van der Waals surface area contributed by atoms with Crippen LogP contribution < -0.4 is 0 Å². The molecule has 0 amide bonds. The summed E-state index contributed by atoms with van der Waals surface area (Å²) in [5.74, 6) is 1.90. The molecule has 6 aromatic carbocycles. The van der Waals surface area contributed by atoms with Crippen molar-refractivity contribution in [2.45, 2.75) is 59.8 Å². The zero-order chi connectivity index (χ0) is 35.6. The number of aromatic nitrogens is 4. The Labute approximate surface area is 306 Å². The molecule has 0 atom stereocenters. The van der Waals surface area contributed by atoms with Gasteiger partial charge >= 0.3 is 0 Å². The third kappa shape index (κ3) is 6.77. The van der Waals surface area contributed by atoms with Crippen molar-refractivity contribution < 1.29 is 0 Å². The highest BCUT2D eigenvalue weighted by molar-refractivity contribution is 6.11. The van der Waals surface area contributed by atoms with Gasteiger partial charge in [0.15, 0.2) is 11.6 Å². The monoisotopic (exact) mass is 676 g/mol. The van der Waals surface area contributed by atoms with Gasteiger partial charge in [-0.15, -0.1) is 0 Å². The molecule has 2 heterocycles. The molecule has 8 aromatic rings. The van der Waals surface area contributed by atoms with E-state index in [0.717, 1.165) is 34.0 Å². The van der Waals surface area contributed by atoms with Crippen LogP contribution in [0.5, 0.6) is 0 Å². The maximum atomic E-state index is 5.18. The molecule has 52 heavy (non-hydrogen) atoms. The minimum absolute atomic E-state index is 0.601. The summed E-state index contributed by atoms with van der Waals surface area (Å²) < 4.78 is 2.21. The molecule has 0 fully saturated rings. The van der Waals surface area contributed by atoms with Gasteiger partial charge in [-0.05, 0) is 85.7 Å². The van der Waals surface area contributed by atoms with Crippen molar-refractivity contribution in [2.75, 3.05) is 0 Å². The van der Waals surface area contributed by atoms with E-state index in [-0.39, 0.29) is 0 Å². The van der Waals surface area contributed by atoms with E-state index in [9.17, 15) is 0 Å². The van der Waals surface area contributed by atoms with Gasteiger partial charge in [0.25, 0.3) is 0 Å². The van der Waals surface area contributed by atoms with Gasteiger partial charge in [-0.2, -0.15) is 9.97 Å². The first-order valence-electron chi connectivity index (χ1n) is 18.6. The molecule has 8 rings (SSSR count). The normalized spacial score (nSPS) is 11.5. The Morgan fingerprint density at radius 1 is 0.423 bits per heavy atom. The highest BCUT2D eigenvalue weighted by Crippen LogP contribution is 2.37. The molecule has 0 aliphatic heterocycles. The Balaban J connectivity index is 1.31. The molecule has 0 saturated heterocycles. The van der Waals surface area contributed by atoms with Crippen LogP contribution in [0.2, 0.25) is 0 Å². The van der Waals surface area contributed by atoms with Gasteiger partial charge in [-0.3, -0.25) is 4.57 Å². The van der Waals surface area contributed by atoms with Crippen LogP contribution in [0.1, 0.15) is 54.9 Å². The summed E-state index contributed by atoms with van der Waals surface area (Å²) in [5.41, 5.74) is 13.9. The summed E-state index contributed by atoms with van der Waals surface area (Å²) in [6.07, 6.45) is 6.25. The maximum absolute atomic E-state index is 5.18. The van der Waals surface area contributed by atoms with E-state index in [2.05, 4.69) is 166 Å². The molecule has 0 unspecified atom stereocenters. The van der Waals surface area contributed by atoms with Crippen molar-refractivity contribution in [3.8, 4) is 51.0 Å². The number of hydrogen-bond acceptors (Lipinski definition) is 3. The summed E-state index contributed by atoms with van der Waals surface area (Å²) >= 11 is 0. The summed E-state index contributed by atoms with van der Waals surface area (Å²) in [5, 5.41) is 2.33. The first-order valence-corrected chi connectivity index (χ1v) is 18.6. The van der Waals surface area contributed by atoms with E-state index in [1.54, 1.807) is 0 Å². The van der Waals surface area contributed by atoms with E-state index in [0.29, 0.717) is 17.6 Å². The molecule has 0 saturated carbocycles. The number of unbranched alkanes of at least 4 members (excludes halogenated alkanes) is 3. The first kappa shape index (κ1) is 33.3. The van der Waals surface area contributed by atoms with Gasteiger partial charge < -0.3 is 0 Å². The van der Waals surface area contributed by atoms with Crippen LogP contribution in [0, 0.1) is 20.8 Å². The van der Waals surface area contributed by atoms with Crippen LogP contribution in [0.25, 0.3) is 72.8 Å². The predicted octanol–water partition coefficient (Wildman–Crippen LogP) is 12.7. The number of nitrogens with zero attached hydrogens (tertiary/aromatic N) is 4. The Kier molecular flexibility index (Phi) is 9.22. The summed E-state index contributed by atoms with van der Waals surface area (Å²) in [6.45, 7) is 8.59. The third-order valence-corrected chi connectivity index (χ3v) is 10.2. The zero-order valence-corrected chi connectivity index (χ0v) is 30.5.